The molecule has 0 radical (unpaired) electrons. The summed E-state index contributed by atoms with van der Waals surface area (Å²) >= 11 is 0. The highest BCUT2D eigenvalue weighted by atomic mass is 16.4. The van der Waals surface area contributed by atoms with E-state index >= 15 is 0 Å². The third-order valence-electron chi connectivity index (χ3n) is 3.22. The molecule has 0 amide bonds. The molecule has 0 saturated carbocycles. The fourth-order valence-corrected chi connectivity index (χ4v) is 2.35. The second-order valence-corrected chi connectivity index (χ2v) is 4.92. The Bertz CT molecular complexity index is 587. The molecule has 1 aromatic carbocycles. The van der Waals surface area contributed by atoms with Gasteiger partial charge in [0, 0.05) is 19.4 Å². The normalized spacial score (nSPS) is 11.1. The molecule has 4 nitrogen and oxygen atoms in total. The lowest BCUT2D eigenvalue weighted by atomic mass is 10.2. The van der Waals surface area contributed by atoms with Gasteiger partial charge in [0.25, 0.3) is 0 Å². The van der Waals surface area contributed by atoms with Crippen molar-refractivity contribution in [2.45, 2.75) is 46.1 Å². The zero-order valence-corrected chi connectivity index (χ0v) is 11.5. The molecule has 102 valence electrons. The Hall–Kier alpha value is -1.84. The smallest absolute Gasteiger partial charge is 0.303 e. The van der Waals surface area contributed by atoms with E-state index < -0.39 is 5.97 Å². The summed E-state index contributed by atoms with van der Waals surface area (Å²) in [6.07, 6.45) is 2.61. The van der Waals surface area contributed by atoms with Crippen LogP contribution in [0.5, 0.6) is 0 Å². The van der Waals surface area contributed by atoms with Crippen molar-refractivity contribution in [3.63, 3.8) is 0 Å². The molecular weight excluding hydrogens is 240 g/mol. The highest BCUT2D eigenvalue weighted by molar-refractivity contribution is 5.77. The first kappa shape index (κ1) is 13.6. The van der Waals surface area contributed by atoms with Crippen LogP contribution < -0.4 is 0 Å². The van der Waals surface area contributed by atoms with E-state index in [1.807, 2.05) is 0 Å². The van der Waals surface area contributed by atoms with Gasteiger partial charge in [-0.05, 0) is 37.5 Å². The van der Waals surface area contributed by atoms with E-state index in [9.17, 15) is 4.79 Å². The van der Waals surface area contributed by atoms with E-state index in [1.54, 1.807) is 0 Å². The number of carbonyl (C=O) groups is 1. The standard InChI is InChI=1S/C15H20N2O2/c1-3-9-17-13-8-7-11(2)10-12(13)16-14(17)5-4-6-15(18)19/h7-8,10H,3-6,9H2,1-2H3,(H,18,19). The van der Waals surface area contributed by atoms with Gasteiger partial charge in [-0.15, -0.1) is 0 Å². The summed E-state index contributed by atoms with van der Waals surface area (Å²) in [5.74, 6) is 0.262. The third kappa shape index (κ3) is 3.13. The summed E-state index contributed by atoms with van der Waals surface area (Å²) in [7, 11) is 0. The molecule has 0 unspecified atom stereocenters. The molecule has 0 aliphatic heterocycles. The number of aryl methyl sites for hydroxylation is 3. The van der Waals surface area contributed by atoms with E-state index in [0.717, 1.165) is 36.2 Å². The molecule has 2 aromatic rings. The van der Waals surface area contributed by atoms with Gasteiger partial charge >= 0.3 is 5.97 Å². The number of aromatic nitrogens is 2. The van der Waals surface area contributed by atoms with Gasteiger partial charge < -0.3 is 9.67 Å². The molecular formula is C15H20N2O2. The maximum atomic E-state index is 10.6. The van der Waals surface area contributed by atoms with Gasteiger partial charge in [-0.1, -0.05) is 13.0 Å². The third-order valence-corrected chi connectivity index (χ3v) is 3.22. The average molecular weight is 260 g/mol. The molecule has 2 rings (SSSR count). The maximum absolute atomic E-state index is 10.6. The number of aliphatic carboxylic acids is 1. The van der Waals surface area contributed by atoms with Crippen LogP contribution in [0.1, 0.15) is 37.6 Å². The van der Waals surface area contributed by atoms with Crippen molar-refractivity contribution in [3.8, 4) is 0 Å². The Morgan fingerprint density at radius 3 is 2.89 bits per heavy atom. The van der Waals surface area contributed by atoms with E-state index in [4.69, 9.17) is 5.11 Å². The zero-order chi connectivity index (χ0) is 13.8. The predicted molar refractivity (Wildman–Crippen MR) is 75.3 cm³/mol. The Balaban J connectivity index is 2.30. The SMILES string of the molecule is CCCn1c(CCCC(=O)O)nc2cc(C)ccc21. The predicted octanol–water partition coefficient (Wildman–Crippen LogP) is 3.16. The average Bonchev–Trinajstić information content (AvgIpc) is 2.67. The molecule has 1 aromatic heterocycles. The minimum absolute atomic E-state index is 0.203. The molecule has 0 aliphatic rings. The van der Waals surface area contributed by atoms with Crippen LogP contribution >= 0.6 is 0 Å². The summed E-state index contributed by atoms with van der Waals surface area (Å²) in [5.41, 5.74) is 3.36. The second kappa shape index (κ2) is 5.87. The van der Waals surface area contributed by atoms with Gasteiger partial charge in [-0.25, -0.2) is 4.98 Å². The maximum Gasteiger partial charge on any atom is 0.303 e. The minimum atomic E-state index is -0.742. The van der Waals surface area contributed by atoms with Crippen LogP contribution in [0, 0.1) is 6.92 Å². The summed E-state index contributed by atoms with van der Waals surface area (Å²) in [5, 5.41) is 8.71. The van der Waals surface area contributed by atoms with Crippen molar-refractivity contribution in [1.29, 1.82) is 0 Å². The molecule has 0 atom stereocenters. The van der Waals surface area contributed by atoms with Crippen LogP contribution in [0.15, 0.2) is 18.2 Å². The Morgan fingerprint density at radius 2 is 2.21 bits per heavy atom. The van der Waals surface area contributed by atoms with E-state index in [-0.39, 0.29) is 6.42 Å². The Labute approximate surface area is 113 Å². The number of fused-ring (bicyclic) bond motifs is 1. The second-order valence-electron chi connectivity index (χ2n) is 4.92. The lowest BCUT2D eigenvalue weighted by molar-refractivity contribution is -0.137. The summed E-state index contributed by atoms with van der Waals surface area (Å²) in [6, 6.07) is 6.29. The lowest BCUT2D eigenvalue weighted by Gasteiger charge is -2.07. The number of benzene rings is 1. The monoisotopic (exact) mass is 260 g/mol. The quantitative estimate of drug-likeness (QED) is 0.868. The fourth-order valence-electron chi connectivity index (χ4n) is 2.35. The van der Waals surface area contributed by atoms with Gasteiger partial charge in [0.05, 0.1) is 11.0 Å². The Kier molecular flexibility index (Phi) is 4.20. The summed E-state index contributed by atoms with van der Waals surface area (Å²) in [4.78, 5) is 15.2. The molecule has 0 fully saturated rings. The highest BCUT2D eigenvalue weighted by Gasteiger charge is 2.10. The van der Waals surface area contributed by atoms with Gasteiger partial charge in [0.2, 0.25) is 0 Å². The number of carboxylic acid groups (broad SMARTS) is 1. The van der Waals surface area contributed by atoms with Crippen LogP contribution in [0.4, 0.5) is 0 Å². The van der Waals surface area contributed by atoms with Crippen molar-refractivity contribution < 1.29 is 9.90 Å². The number of hydrogen-bond donors (Lipinski definition) is 1. The van der Waals surface area contributed by atoms with Gasteiger partial charge in [-0.2, -0.15) is 0 Å². The van der Waals surface area contributed by atoms with Crippen LogP contribution in [-0.4, -0.2) is 20.6 Å². The largest absolute Gasteiger partial charge is 0.481 e. The number of rotatable bonds is 6. The molecule has 1 N–H and O–H groups in total. The summed E-state index contributed by atoms with van der Waals surface area (Å²) < 4.78 is 2.22. The number of nitrogens with zero attached hydrogens (tertiary/aromatic N) is 2. The summed E-state index contributed by atoms with van der Waals surface area (Å²) in [6.45, 7) is 5.13. The molecule has 0 bridgehead atoms. The zero-order valence-electron chi connectivity index (χ0n) is 11.5. The first-order chi connectivity index (χ1) is 9.11. The van der Waals surface area contributed by atoms with Crippen molar-refractivity contribution >= 4 is 17.0 Å². The van der Waals surface area contributed by atoms with Crippen LogP contribution in [0.2, 0.25) is 0 Å². The first-order valence-corrected chi connectivity index (χ1v) is 6.79. The van der Waals surface area contributed by atoms with Crippen molar-refractivity contribution in [2.24, 2.45) is 0 Å². The van der Waals surface area contributed by atoms with Crippen LogP contribution in [0.3, 0.4) is 0 Å². The fraction of sp³-hybridized carbons (Fsp3) is 0.467. The number of imidazole rings is 1. The number of carboxylic acids is 1. The van der Waals surface area contributed by atoms with Crippen molar-refractivity contribution in [3.05, 3.63) is 29.6 Å². The van der Waals surface area contributed by atoms with E-state index in [0.29, 0.717) is 6.42 Å². The minimum Gasteiger partial charge on any atom is -0.481 e. The molecule has 0 aliphatic carbocycles. The topological polar surface area (TPSA) is 55.1 Å². The van der Waals surface area contributed by atoms with Gasteiger partial charge in [0.1, 0.15) is 5.82 Å². The van der Waals surface area contributed by atoms with Crippen molar-refractivity contribution in [1.82, 2.24) is 9.55 Å². The lowest BCUT2D eigenvalue weighted by Crippen LogP contribution is -2.05. The van der Waals surface area contributed by atoms with Crippen molar-refractivity contribution in [2.75, 3.05) is 0 Å². The van der Waals surface area contributed by atoms with Crippen LogP contribution in [0.25, 0.3) is 11.0 Å². The first-order valence-electron chi connectivity index (χ1n) is 6.79. The highest BCUT2D eigenvalue weighted by Crippen LogP contribution is 2.19. The van der Waals surface area contributed by atoms with Crippen LogP contribution in [-0.2, 0) is 17.8 Å². The molecule has 1 heterocycles. The molecule has 0 saturated heterocycles. The number of hydrogen-bond acceptors (Lipinski definition) is 2. The van der Waals surface area contributed by atoms with Gasteiger partial charge in [-0.3, -0.25) is 4.79 Å². The van der Waals surface area contributed by atoms with Gasteiger partial charge in [0.15, 0.2) is 0 Å². The molecule has 0 spiro atoms. The molecule has 19 heavy (non-hydrogen) atoms. The Morgan fingerprint density at radius 1 is 1.42 bits per heavy atom. The molecule has 4 heteroatoms. The van der Waals surface area contributed by atoms with E-state index in [2.05, 4.69) is 41.6 Å². The van der Waals surface area contributed by atoms with E-state index in [1.165, 1.54) is 5.56 Å².